The number of rotatable bonds is 2. The van der Waals surface area contributed by atoms with E-state index in [1.165, 1.54) is 10.4 Å². The van der Waals surface area contributed by atoms with Gasteiger partial charge in [-0.05, 0) is 44.2 Å². The number of nitriles is 1. The van der Waals surface area contributed by atoms with Gasteiger partial charge in [-0.25, -0.2) is 8.42 Å². The van der Waals surface area contributed by atoms with E-state index in [2.05, 4.69) is 4.57 Å². The van der Waals surface area contributed by atoms with Crippen LogP contribution < -0.4 is 0 Å². The molecule has 0 radical (unpaired) electrons. The smallest absolute Gasteiger partial charge is 0.243 e. The van der Waals surface area contributed by atoms with Crippen molar-refractivity contribution < 1.29 is 8.42 Å². The van der Waals surface area contributed by atoms with Crippen LogP contribution in [0.3, 0.4) is 0 Å². The van der Waals surface area contributed by atoms with E-state index in [1.54, 1.807) is 18.2 Å². The van der Waals surface area contributed by atoms with Crippen molar-refractivity contribution in [2.24, 2.45) is 0 Å². The SMILES string of the molecule is Cc1ccc2n1CCN(S(=O)(=O)c1cccc(C#N)c1)[C@@H]2C. The summed E-state index contributed by atoms with van der Waals surface area (Å²) in [6.07, 6.45) is 0. The van der Waals surface area contributed by atoms with Crippen molar-refractivity contribution in [3.05, 3.63) is 53.3 Å². The first-order chi connectivity index (χ1) is 10.4. The minimum Gasteiger partial charge on any atom is -0.346 e. The van der Waals surface area contributed by atoms with Gasteiger partial charge in [-0.15, -0.1) is 0 Å². The number of benzene rings is 1. The van der Waals surface area contributed by atoms with E-state index in [1.807, 2.05) is 32.0 Å². The van der Waals surface area contributed by atoms with Crippen molar-refractivity contribution in [2.75, 3.05) is 6.54 Å². The van der Waals surface area contributed by atoms with Gasteiger partial charge in [-0.2, -0.15) is 9.57 Å². The number of aromatic nitrogens is 1. The van der Waals surface area contributed by atoms with Crippen LogP contribution in [-0.2, 0) is 16.6 Å². The minimum atomic E-state index is -3.61. The minimum absolute atomic E-state index is 0.176. The van der Waals surface area contributed by atoms with Crippen LogP contribution >= 0.6 is 0 Å². The second-order valence-corrected chi connectivity index (χ2v) is 7.37. The van der Waals surface area contributed by atoms with Crippen LogP contribution in [0.4, 0.5) is 0 Å². The number of hydrogen-bond acceptors (Lipinski definition) is 3. The summed E-state index contributed by atoms with van der Waals surface area (Å²) < 4.78 is 29.4. The van der Waals surface area contributed by atoms with Gasteiger partial charge >= 0.3 is 0 Å². The summed E-state index contributed by atoms with van der Waals surface area (Å²) in [4.78, 5) is 0.176. The van der Waals surface area contributed by atoms with Gasteiger partial charge < -0.3 is 4.57 Å². The van der Waals surface area contributed by atoms with Crippen molar-refractivity contribution in [3.8, 4) is 6.07 Å². The fourth-order valence-corrected chi connectivity index (χ4v) is 4.63. The van der Waals surface area contributed by atoms with E-state index in [9.17, 15) is 8.42 Å². The van der Waals surface area contributed by atoms with E-state index in [0.717, 1.165) is 11.4 Å². The predicted octanol–water partition coefficient (Wildman–Crippen LogP) is 2.43. The molecule has 22 heavy (non-hydrogen) atoms. The van der Waals surface area contributed by atoms with Crippen molar-refractivity contribution in [1.82, 2.24) is 8.87 Å². The Hall–Kier alpha value is -2.10. The van der Waals surface area contributed by atoms with Gasteiger partial charge in [0.15, 0.2) is 0 Å². The number of sulfonamides is 1. The summed E-state index contributed by atoms with van der Waals surface area (Å²) in [5, 5.41) is 8.96. The van der Waals surface area contributed by atoms with Gasteiger partial charge in [-0.1, -0.05) is 6.07 Å². The number of nitrogens with zero attached hydrogens (tertiary/aromatic N) is 3. The summed E-state index contributed by atoms with van der Waals surface area (Å²) in [5.74, 6) is 0. The van der Waals surface area contributed by atoms with Crippen molar-refractivity contribution in [3.63, 3.8) is 0 Å². The van der Waals surface area contributed by atoms with Gasteiger partial charge in [-0.3, -0.25) is 0 Å². The average Bonchev–Trinajstić information content (AvgIpc) is 2.90. The Morgan fingerprint density at radius 3 is 2.73 bits per heavy atom. The molecule has 0 saturated carbocycles. The lowest BCUT2D eigenvalue weighted by molar-refractivity contribution is 0.280. The molecule has 0 N–H and O–H groups in total. The highest BCUT2D eigenvalue weighted by Crippen LogP contribution is 2.32. The summed E-state index contributed by atoms with van der Waals surface area (Å²) >= 11 is 0. The topological polar surface area (TPSA) is 66.1 Å². The maximum atomic E-state index is 12.9. The molecule has 114 valence electrons. The molecule has 1 aliphatic heterocycles. The molecule has 1 aromatic heterocycles. The molecule has 5 nitrogen and oxygen atoms in total. The Morgan fingerprint density at radius 1 is 1.23 bits per heavy atom. The molecular formula is C16H17N3O2S. The third kappa shape index (κ3) is 2.23. The molecule has 2 aromatic rings. The van der Waals surface area contributed by atoms with Gasteiger partial charge in [0.05, 0.1) is 22.6 Å². The quantitative estimate of drug-likeness (QED) is 0.855. The van der Waals surface area contributed by atoms with Gasteiger partial charge in [0.2, 0.25) is 10.0 Å². The molecular weight excluding hydrogens is 298 g/mol. The molecule has 0 bridgehead atoms. The second-order valence-electron chi connectivity index (χ2n) is 5.48. The van der Waals surface area contributed by atoms with Crippen LogP contribution in [0.2, 0.25) is 0 Å². The van der Waals surface area contributed by atoms with Gasteiger partial charge in [0, 0.05) is 24.5 Å². The van der Waals surface area contributed by atoms with Crippen LogP contribution in [0.1, 0.15) is 29.9 Å². The molecule has 6 heteroatoms. The summed E-state index contributed by atoms with van der Waals surface area (Å²) in [5.41, 5.74) is 2.50. The molecule has 2 heterocycles. The third-order valence-electron chi connectivity index (χ3n) is 4.21. The van der Waals surface area contributed by atoms with Crippen molar-refractivity contribution in [2.45, 2.75) is 31.3 Å². The Labute approximate surface area is 130 Å². The maximum absolute atomic E-state index is 12.9. The Balaban J connectivity index is 2.02. The van der Waals surface area contributed by atoms with Gasteiger partial charge in [0.1, 0.15) is 0 Å². The van der Waals surface area contributed by atoms with Crippen LogP contribution in [0, 0.1) is 18.3 Å². The highest BCUT2D eigenvalue weighted by Gasteiger charge is 2.34. The summed E-state index contributed by atoms with van der Waals surface area (Å²) in [7, 11) is -3.61. The molecule has 0 amide bonds. The number of hydrogen-bond donors (Lipinski definition) is 0. The van der Waals surface area contributed by atoms with E-state index in [-0.39, 0.29) is 10.9 Å². The monoisotopic (exact) mass is 315 g/mol. The van der Waals surface area contributed by atoms with Crippen LogP contribution in [0.15, 0.2) is 41.3 Å². The van der Waals surface area contributed by atoms with Crippen LogP contribution in [-0.4, -0.2) is 23.8 Å². The predicted molar refractivity (Wildman–Crippen MR) is 82.6 cm³/mol. The maximum Gasteiger partial charge on any atom is 0.243 e. The normalized spacial score (nSPS) is 18.7. The molecule has 1 aromatic carbocycles. The zero-order valence-corrected chi connectivity index (χ0v) is 13.3. The average molecular weight is 315 g/mol. The van der Waals surface area contributed by atoms with E-state index >= 15 is 0 Å². The van der Waals surface area contributed by atoms with Gasteiger partial charge in [0.25, 0.3) is 0 Å². The molecule has 0 unspecified atom stereocenters. The largest absolute Gasteiger partial charge is 0.346 e. The highest BCUT2D eigenvalue weighted by molar-refractivity contribution is 7.89. The lowest BCUT2D eigenvalue weighted by Gasteiger charge is -2.34. The fraction of sp³-hybridized carbons (Fsp3) is 0.312. The van der Waals surface area contributed by atoms with E-state index in [0.29, 0.717) is 18.7 Å². The molecule has 1 atom stereocenters. The van der Waals surface area contributed by atoms with E-state index < -0.39 is 10.0 Å². The second kappa shape index (κ2) is 5.27. The molecule has 0 saturated heterocycles. The Morgan fingerprint density at radius 2 is 2.00 bits per heavy atom. The van der Waals surface area contributed by atoms with Crippen LogP contribution in [0.5, 0.6) is 0 Å². The lowest BCUT2D eigenvalue weighted by atomic mass is 10.2. The zero-order valence-electron chi connectivity index (χ0n) is 12.5. The first kappa shape index (κ1) is 14.8. The molecule has 0 fully saturated rings. The molecule has 1 aliphatic rings. The zero-order chi connectivity index (χ0) is 15.9. The van der Waals surface area contributed by atoms with Crippen molar-refractivity contribution in [1.29, 1.82) is 5.26 Å². The van der Waals surface area contributed by atoms with Crippen LogP contribution in [0.25, 0.3) is 0 Å². The molecule has 3 rings (SSSR count). The fourth-order valence-electron chi connectivity index (χ4n) is 2.99. The molecule has 0 spiro atoms. The van der Waals surface area contributed by atoms with E-state index in [4.69, 9.17) is 5.26 Å². The first-order valence-corrected chi connectivity index (χ1v) is 8.57. The molecule has 0 aliphatic carbocycles. The third-order valence-corrected chi connectivity index (χ3v) is 6.17. The standard InChI is InChI=1S/C16H17N3O2S/c1-12-6-7-16-13(2)19(9-8-18(12)16)22(20,21)15-5-3-4-14(10-15)11-17/h3-7,10,13H,8-9H2,1-2H3/t13-/m1/s1. The van der Waals surface area contributed by atoms with Crippen molar-refractivity contribution >= 4 is 10.0 Å². The Bertz CT molecular complexity index is 862. The Kier molecular flexibility index (Phi) is 3.55. The first-order valence-electron chi connectivity index (χ1n) is 7.13. The lowest BCUT2D eigenvalue weighted by Crippen LogP contribution is -2.41. The number of fused-ring (bicyclic) bond motifs is 1. The highest BCUT2D eigenvalue weighted by atomic mass is 32.2. The number of aryl methyl sites for hydroxylation is 1. The summed E-state index contributed by atoms with van der Waals surface area (Å²) in [6, 6.07) is 11.9. The summed E-state index contributed by atoms with van der Waals surface area (Å²) in [6.45, 7) is 5.01.